The van der Waals surface area contributed by atoms with E-state index in [9.17, 15) is 4.79 Å². The Bertz CT molecular complexity index is 179. The van der Waals surface area contributed by atoms with E-state index in [1.165, 1.54) is 7.11 Å². The number of rotatable bonds is 4. The highest BCUT2D eigenvalue weighted by molar-refractivity contribution is 6.13. The second-order valence-corrected chi connectivity index (χ2v) is 4.30. The standard InChI is InChI=1S/C10H18ClNO2/c1-14-10(13)4-2-3-9-5-7-12(11)8-6-9/h9H,2-8H2,1H3. The molecule has 0 unspecified atom stereocenters. The predicted molar refractivity (Wildman–Crippen MR) is 56.0 cm³/mol. The van der Waals surface area contributed by atoms with Crippen LogP contribution >= 0.6 is 11.8 Å². The van der Waals surface area contributed by atoms with Gasteiger partial charge in [-0.15, -0.1) is 0 Å². The van der Waals surface area contributed by atoms with Crippen molar-refractivity contribution in [3.05, 3.63) is 0 Å². The SMILES string of the molecule is COC(=O)CCCC1CCN(Cl)CC1. The number of hydrogen-bond donors (Lipinski definition) is 0. The van der Waals surface area contributed by atoms with Crippen LogP contribution in [0.4, 0.5) is 0 Å². The number of carbonyl (C=O) groups is 1. The summed E-state index contributed by atoms with van der Waals surface area (Å²) < 4.78 is 6.43. The third-order valence-electron chi connectivity index (χ3n) is 2.78. The number of carbonyl (C=O) groups excluding carboxylic acids is 1. The van der Waals surface area contributed by atoms with Crippen LogP contribution in [-0.2, 0) is 9.53 Å². The van der Waals surface area contributed by atoms with Crippen LogP contribution in [0.25, 0.3) is 0 Å². The summed E-state index contributed by atoms with van der Waals surface area (Å²) >= 11 is 5.85. The van der Waals surface area contributed by atoms with Gasteiger partial charge in [-0.2, -0.15) is 0 Å². The Kier molecular flexibility index (Phi) is 5.26. The Labute approximate surface area is 90.5 Å². The summed E-state index contributed by atoms with van der Waals surface area (Å²) in [6, 6.07) is 0. The predicted octanol–water partition coefficient (Wildman–Crippen LogP) is 2.20. The van der Waals surface area contributed by atoms with E-state index in [4.69, 9.17) is 11.8 Å². The zero-order chi connectivity index (χ0) is 10.4. The van der Waals surface area contributed by atoms with E-state index in [1.54, 1.807) is 0 Å². The van der Waals surface area contributed by atoms with E-state index in [0.717, 1.165) is 44.7 Å². The largest absolute Gasteiger partial charge is 0.469 e. The Balaban J connectivity index is 2.04. The van der Waals surface area contributed by atoms with Gasteiger partial charge in [0.15, 0.2) is 0 Å². The molecule has 1 fully saturated rings. The topological polar surface area (TPSA) is 29.5 Å². The molecule has 0 aliphatic carbocycles. The summed E-state index contributed by atoms with van der Waals surface area (Å²) in [5.74, 6) is 0.648. The molecule has 0 aromatic rings. The van der Waals surface area contributed by atoms with E-state index < -0.39 is 0 Å². The van der Waals surface area contributed by atoms with Crippen molar-refractivity contribution in [2.24, 2.45) is 5.92 Å². The van der Waals surface area contributed by atoms with E-state index in [1.807, 2.05) is 4.42 Å². The maximum Gasteiger partial charge on any atom is 0.305 e. The van der Waals surface area contributed by atoms with Crippen molar-refractivity contribution in [2.45, 2.75) is 32.1 Å². The molecule has 1 aliphatic heterocycles. The third-order valence-corrected chi connectivity index (χ3v) is 3.12. The summed E-state index contributed by atoms with van der Waals surface area (Å²) in [5.41, 5.74) is 0. The van der Waals surface area contributed by atoms with Crippen molar-refractivity contribution >= 4 is 17.7 Å². The third kappa shape index (κ3) is 4.29. The van der Waals surface area contributed by atoms with Crippen LogP contribution in [-0.4, -0.2) is 30.6 Å². The van der Waals surface area contributed by atoms with Crippen LogP contribution in [0.5, 0.6) is 0 Å². The minimum Gasteiger partial charge on any atom is -0.469 e. The molecule has 0 atom stereocenters. The number of halogens is 1. The number of methoxy groups -OCH3 is 1. The van der Waals surface area contributed by atoms with E-state index in [2.05, 4.69) is 4.74 Å². The minimum atomic E-state index is -0.0974. The molecule has 0 aromatic heterocycles. The highest BCUT2D eigenvalue weighted by atomic mass is 35.5. The van der Waals surface area contributed by atoms with Crippen LogP contribution in [0.3, 0.4) is 0 Å². The Morgan fingerprint density at radius 3 is 2.71 bits per heavy atom. The summed E-state index contributed by atoms with van der Waals surface area (Å²) in [6.07, 6.45) is 4.94. The molecule has 4 heteroatoms. The molecule has 1 heterocycles. The highest BCUT2D eigenvalue weighted by Crippen LogP contribution is 2.23. The van der Waals surface area contributed by atoms with E-state index >= 15 is 0 Å². The summed E-state index contributed by atoms with van der Waals surface area (Å²) in [5, 5.41) is 0. The lowest BCUT2D eigenvalue weighted by molar-refractivity contribution is -0.140. The molecule has 1 aliphatic rings. The van der Waals surface area contributed by atoms with E-state index in [0.29, 0.717) is 6.42 Å². The second-order valence-electron chi connectivity index (χ2n) is 3.82. The lowest BCUT2D eigenvalue weighted by Gasteiger charge is -2.26. The molecule has 0 aromatic carbocycles. The fourth-order valence-corrected chi connectivity index (χ4v) is 2.02. The molecule has 0 spiro atoms. The van der Waals surface area contributed by atoms with Crippen LogP contribution in [0.1, 0.15) is 32.1 Å². The molecule has 0 amide bonds. The van der Waals surface area contributed by atoms with Crippen molar-refractivity contribution in [3.8, 4) is 0 Å². The molecule has 0 saturated carbocycles. The van der Waals surface area contributed by atoms with Crippen molar-refractivity contribution in [3.63, 3.8) is 0 Å². The fraction of sp³-hybridized carbons (Fsp3) is 0.900. The van der Waals surface area contributed by atoms with Crippen molar-refractivity contribution in [1.82, 2.24) is 4.42 Å². The summed E-state index contributed by atoms with van der Waals surface area (Å²) in [4.78, 5) is 10.9. The lowest BCUT2D eigenvalue weighted by atomic mass is 9.92. The van der Waals surface area contributed by atoms with Crippen molar-refractivity contribution < 1.29 is 9.53 Å². The average molecular weight is 220 g/mol. The van der Waals surface area contributed by atoms with Gasteiger partial charge in [0.2, 0.25) is 0 Å². The first-order chi connectivity index (χ1) is 6.72. The second kappa shape index (κ2) is 6.25. The molecule has 1 rings (SSSR count). The molecule has 1 saturated heterocycles. The maximum atomic E-state index is 10.9. The highest BCUT2D eigenvalue weighted by Gasteiger charge is 2.17. The van der Waals surface area contributed by atoms with Gasteiger partial charge >= 0.3 is 5.97 Å². The molecular formula is C10H18ClNO2. The lowest BCUT2D eigenvalue weighted by Crippen LogP contribution is -2.26. The van der Waals surface area contributed by atoms with Gasteiger partial charge in [-0.1, -0.05) is 0 Å². The Morgan fingerprint density at radius 1 is 1.50 bits per heavy atom. The van der Waals surface area contributed by atoms with Crippen LogP contribution in [0, 0.1) is 5.92 Å². The van der Waals surface area contributed by atoms with Crippen LogP contribution in [0.15, 0.2) is 0 Å². The number of esters is 1. The van der Waals surface area contributed by atoms with Gasteiger partial charge in [0.1, 0.15) is 0 Å². The smallest absolute Gasteiger partial charge is 0.305 e. The first-order valence-electron chi connectivity index (χ1n) is 5.20. The first kappa shape index (κ1) is 11.8. The molecule has 3 nitrogen and oxygen atoms in total. The summed E-state index contributed by atoms with van der Waals surface area (Å²) in [7, 11) is 1.44. The minimum absolute atomic E-state index is 0.0974. The molecule has 82 valence electrons. The molecule has 0 radical (unpaired) electrons. The fourth-order valence-electron chi connectivity index (χ4n) is 1.83. The molecule has 0 N–H and O–H groups in total. The van der Waals surface area contributed by atoms with Gasteiger partial charge in [-0.25, -0.2) is 4.42 Å². The molecule has 0 bridgehead atoms. The Morgan fingerprint density at radius 2 is 2.14 bits per heavy atom. The molecular weight excluding hydrogens is 202 g/mol. The zero-order valence-corrected chi connectivity index (χ0v) is 9.42. The van der Waals surface area contributed by atoms with Crippen molar-refractivity contribution in [1.29, 1.82) is 0 Å². The average Bonchev–Trinajstić information content (AvgIpc) is 2.21. The van der Waals surface area contributed by atoms with Gasteiger partial charge in [0, 0.05) is 19.5 Å². The number of nitrogens with zero attached hydrogens (tertiary/aromatic N) is 1. The monoisotopic (exact) mass is 219 g/mol. The van der Waals surface area contributed by atoms with Gasteiger partial charge in [0.05, 0.1) is 7.11 Å². The zero-order valence-electron chi connectivity index (χ0n) is 8.67. The number of hydrogen-bond acceptors (Lipinski definition) is 3. The number of ether oxygens (including phenoxy) is 1. The van der Waals surface area contributed by atoms with Gasteiger partial charge in [-0.05, 0) is 43.4 Å². The first-order valence-corrected chi connectivity index (χ1v) is 5.53. The van der Waals surface area contributed by atoms with Gasteiger partial charge in [0.25, 0.3) is 0 Å². The quantitative estimate of drug-likeness (QED) is 0.536. The normalized spacial score (nSPS) is 19.6. The Hall–Kier alpha value is -0.280. The van der Waals surface area contributed by atoms with Gasteiger partial charge in [-0.3, -0.25) is 4.79 Å². The molecule has 14 heavy (non-hydrogen) atoms. The van der Waals surface area contributed by atoms with Crippen LogP contribution < -0.4 is 0 Å². The van der Waals surface area contributed by atoms with Gasteiger partial charge < -0.3 is 4.74 Å². The van der Waals surface area contributed by atoms with E-state index in [-0.39, 0.29) is 5.97 Å². The number of piperidine rings is 1. The van der Waals surface area contributed by atoms with Crippen molar-refractivity contribution in [2.75, 3.05) is 20.2 Å². The summed E-state index contributed by atoms with van der Waals surface area (Å²) in [6.45, 7) is 1.95. The van der Waals surface area contributed by atoms with Crippen LogP contribution in [0.2, 0.25) is 0 Å². The maximum absolute atomic E-state index is 10.9.